The predicted molar refractivity (Wildman–Crippen MR) is 144 cm³/mol. The Bertz CT molecular complexity index is 1440. The third-order valence-corrected chi connectivity index (χ3v) is 7.80. The Labute approximate surface area is 235 Å². The molecule has 1 aliphatic carbocycles. The number of amides is 2. The van der Waals surface area contributed by atoms with Crippen LogP contribution in [0.15, 0.2) is 30.6 Å². The third-order valence-electron chi connectivity index (χ3n) is 7.80. The highest BCUT2D eigenvalue weighted by Crippen LogP contribution is 2.33. The number of imidazole rings is 1. The van der Waals surface area contributed by atoms with Crippen molar-refractivity contribution in [1.29, 1.82) is 0 Å². The molecule has 6 rings (SSSR count). The lowest BCUT2D eigenvalue weighted by Gasteiger charge is -2.31. The van der Waals surface area contributed by atoms with Crippen LogP contribution in [0.3, 0.4) is 0 Å². The Morgan fingerprint density at radius 2 is 1.83 bits per heavy atom. The van der Waals surface area contributed by atoms with Crippen LogP contribution in [-0.2, 0) is 16.0 Å². The van der Waals surface area contributed by atoms with E-state index in [4.69, 9.17) is 19.9 Å². The lowest BCUT2D eigenvalue weighted by molar-refractivity contribution is -0.137. The summed E-state index contributed by atoms with van der Waals surface area (Å²) in [6, 6.07) is 7.08. The number of anilines is 1. The molecular weight excluding hydrogens is 534 g/mol. The first-order chi connectivity index (χ1) is 19.8. The SMILES string of the molecule is COc1ccccc1OC(=O)N1CCC(Cc2nc(N)c3ncn([C@@H]4O[C@H](C(=O)NC5CC5)C(O)C4O)c3n2)CC1. The number of aliphatic hydroxyl groups is 2. The third kappa shape index (κ3) is 5.49. The molecule has 0 radical (unpaired) electrons. The standard InChI is InChI=1S/C27H33N7O7/c1-39-16-4-2-3-5-17(16)40-27(38)33-10-8-14(9-11-33)12-18-31-23(28)19-24(32-18)34(13-29-19)26-21(36)20(35)22(41-26)25(37)30-15-6-7-15/h2-5,13-15,20-22,26,35-36H,6-12H2,1H3,(H,30,37)(H2,28,31,32)/t20?,21?,22-,26+/m0/s1. The monoisotopic (exact) mass is 567 g/mol. The molecule has 0 spiro atoms. The van der Waals surface area contributed by atoms with Gasteiger partial charge in [-0.15, -0.1) is 0 Å². The number of ether oxygens (including phenoxy) is 3. The molecule has 3 aromatic rings. The number of rotatable bonds is 7. The van der Waals surface area contributed by atoms with Crippen molar-refractivity contribution in [1.82, 2.24) is 29.7 Å². The fourth-order valence-corrected chi connectivity index (χ4v) is 5.32. The minimum atomic E-state index is -1.41. The lowest BCUT2D eigenvalue weighted by Crippen LogP contribution is -2.43. The van der Waals surface area contributed by atoms with Gasteiger partial charge in [0.1, 0.15) is 23.5 Å². The van der Waals surface area contributed by atoms with Gasteiger partial charge in [-0.25, -0.2) is 19.7 Å². The van der Waals surface area contributed by atoms with Gasteiger partial charge in [0.25, 0.3) is 5.91 Å². The zero-order chi connectivity index (χ0) is 28.7. The van der Waals surface area contributed by atoms with E-state index in [-0.39, 0.29) is 17.8 Å². The number of fused-ring (bicyclic) bond motifs is 1. The van der Waals surface area contributed by atoms with Crippen LogP contribution >= 0.6 is 0 Å². The summed E-state index contributed by atoms with van der Waals surface area (Å²) in [5.41, 5.74) is 6.88. The number of carbonyl (C=O) groups excluding carboxylic acids is 2. The van der Waals surface area contributed by atoms with Crippen LogP contribution in [0.2, 0.25) is 0 Å². The molecule has 2 saturated heterocycles. The summed E-state index contributed by atoms with van der Waals surface area (Å²) in [5, 5.41) is 24.0. The molecule has 1 saturated carbocycles. The highest BCUT2D eigenvalue weighted by molar-refractivity contribution is 5.83. The normalized spacial score (nSPS) is 24.9. The number of aliphatic hydroxyl groups excluding tert-OH is 2. The number of nitrogens with zero attached hydrogens (tertiary/aromatic N) is 5. The number of methoxy groups -OCH3 is 1. The molecule has 2 aliphatic heterocycles. The van der Waals surface area contributed by atoms with Gasteiger partial charge in [0.05, 0.1) is 13.4 Å². The van der Waals surface area contributed by atoms with Crippen LogP contribution in [0.1, 0.15) is 37.7 Å². The van der Waals surface area contributed by atoms with Crippen molar-refractivity contribution in [2.24, 2.45) is 5.92 Å². The van der Waals surface area contributed by atoms with E-state index in [1.165, 1.54) is 18.0 Å². The summed E-state index contributed by atoms with van der Waals surface area (Å²) in [6.45, 7) is 1.03. The highest BCUT2D eigenvalue weighted by Gasteiger charge is 2.48. The van der Waals surface area contributed by atoms with Gasteiger partial charge < -0.3 is 40.4 Å². The number of para-hydroxylation sites is 2. The maximum atomic E-state index is 12.7. The zero-order valence-electron chi connectivity index (χ0n) is 22.5. The molecule has 218 valence electrons. The van der Waals surface area contributed by atoms with Gasteiger partial charge in [-0.05, 0) is 43.7 Å². The summed E-state index contributed by atoms with van der Waals surface area (Å²) in [4.78, 5) is 40.3. The largest absolute Gasteiger partial charge is 0.493 e. The summed E-state index contributed by atoms with van der Waals surface area (Å²) in [6.07, 6.45) is -0.369. The molecule has 41 heavy (non-hydrogen) atoms. The van der Waals surface area contributed by atoms with Crippen LogP contribution in [0, 0.1) is 5.92 Å². The molecular formula is C27H33N7O7. The van der Waals surface area contributed by atoms with Gasteiger partial charge in [-0.3, -0.25) is 9.36 Å². The fraction of sp³-hybridized carbons (Fsp3) is 0.519. The van der Waals surface area contributed by atoms with Crippen molar-refractivity contribution in [3.63, 3.8) is 0 Å². The number of nitrogens with two attached hydrogens (primary N) is 1. The van der Waals surface area contributed by atoms with Crippen molar-refractivity contribution < 1.29 is 34.0 Å². The first-order valence-electron chi connectivity index (χ1n) is 13.7. The Kier molecular flexibility index (Phi) is 7.36. The Morgan fingerprint density at radius 3 is 2.54 bits per heavy atom. The molecule has 0 bridgehead atoms. The van der Waals surface area contributed by atoms with Gasteiger partial charge in [0.15, 0.2) is 35.3 Å². The van der Waals surface area contributed by atoms with E-state index in [1.54, 1.807) is 29.2 Å². The second-order valence-electron chi connectivity index (χ2n) is 10.7. The highest BCUT2D eigenvalue weighted by atomic mass is 16.6. The number of carbonyl (C=O) groups is 2. The summed E-state index contributed by atoms with van der Waals surface area (Å²) in [7, 11) is 1.52. The average molecular weight is 568 g/mol. The molecule has 4 heterocycles. The molecule has 3 fully saturated rings. The topological polar surface area (TPSA) is 187 Å². The van der Waals surface area contributed by atoms with E-state index in [0.29, 0.717) is 48.0 Å². The Balaban J connectivity index is 1.11. The molecule has 4 atom stereocenters. The van der Waals surface area contributed by atoms with Crippen LogP contribution in [0.25, 0.3) is 11.2 Å². The number of benzene rings is 1. The van der Waals surface area contributed by atoms with Crippen LogP contribution in [0.5, 0.6) is 11.5 Å². The van der Waals surface area contributed by atoms with Gasteiger partial charge in [0, 0.05) is 25.6 Å². The van der Waals surface area contributed by atoms with Crippen molar-refractivity contribution in [3.05, 3.63) is 36.4 Å². The molecule has 14 nitrogen and oxygen atoms in total. The van der Waals surface area contributed by atoms with Crippen LogP contribution in [0.4, 0.5) is 10.6 Å². The van der Waals surface area contributed by atoms with E-state index in [9.17, 15) is 19.8 Å². The predicted octanol–water partition coefficient (Wildman–Crippen LogP) is 0.768. The number of piperidine rings is 1. The fourth-order valence-electron chi connectivity index (χ4n) is 5.32. The van der Waals surface area contributed by atoms with Gasteiger partial charge in [0.2, 0.25) is 0 Å². The van der Waals surface area contributed by atoms with Crippen molar-refractivity contribution in [2.75, 3.05) is 25.9 Å². The van der Waals surface area contributed by atoms with E-state index in [1.807, 2.05) is 0 Å². The molecule has 5 N–H and O–H groups in total. The number of nitrogens with one attached hydrogen (secondary N) is 1. The minimum absolute atomic E-state index is 0.0866. The van der Waals surface area contributed by atoms with Gasteiger partial charge in [-0.1, -0.05) is 12.1 Å². The van der Waals surface area contributed by atoms with E-state index in [2.05, 4.69) is 20.3 Å². The number of likely N-dealkylation sites (tertiary alicyclic amines) is 1. The molecule has 2 aromatic heterocycles. The number of aromatic nitrogens is 4. The summed E-state index contributed by atoms with van der Waals surface area (Å²) in [5.74, 6) is 1.26. The van der Waals surface area contributed by atoms with E-state index < -0.39 is 36.5 Å². The number of hydrogen-bond acceptors (Lipinski definition) is 11. The molecule has 1 aromatic carbocycles. The van der Waals surface area contributed by atoms with Crippen molar-refractivity contribution in [3.8, 4) is 11.5 Å². The van der Waals surface area contributed by atoms with Crippen molar-refractivity contribution in [2.45, 2.75) is 62.7 Å². The summed E-state index contributed by atoms with van der Waals surface area (Å²) < 4.78 is 18.1. The number of hydrogen-bond donors (Lipinski definition) is 4. The first kappa shape index (κ1) is 27.2. The minimum Gasteiger partial charge on any atom is -0.493 e. The zero-order valence-corrected chi connectivity index (χ0v) is 22.5. The second-order valence-corrected chi connectivity index (χ2v) is 10.7. The first-order valence-corrected chi connectivity index (χ1v) is 13.7. The molecule has 2 unspecified atom stereocenters. The average Bonchev–Trinajstić information content (AvgIpc) is 3.61. The maximum absolute atomic E-state index is 12.7. The van der Waals surface area contributed by atoms with E-state index >= 15 is 0 Å². The Hall–Kier alpha value is -4.01. The Morgan fingerprint density at radius 1 is 1.10 bits per heavy atom. The summed E-state index contributed by atoms with van der Waals surface area (Å²) >= 11 is 0. The molecule has 3 aliphatic rings. The maximum Gasteiger partial charge on any atom is 0.415 e. The van der Waals surface area contributed by atoms with Gasteiger partial charge >= 0.3 is 6.09 Å². The van der Waals surface area contributed by atoms with Crippen molar-refractivity contribution >= 4 is 29.0 Å². The van der Waals surface area contributed by atoms with Crippen LogP contribution < -0.4 is 20.5 Å². The lowest BCUT2D eigenvalue weighted by atomic mass is 9.93. The quantitative estimate of drug-likeness (QED) is 0.316. The smallest absolute Gasteiger partial charge is 0.415 e. The van der Waals surface area contributed by atoms with Gasteiger partial charge in [-0.2, -0.15) is 0 Å². The van der Waals surface area contributed by atoms with Crippen LogP contribution in [-0.4, -0.2) is 91.2 Å². The second kappa shape index (κ2) is 11.1. The molecule has 2 amide bonds. The number of nitrogen functional groups attached to an aromatic ring is 1. The van der Waals surface area contributed by atoms with E-state index in [0.717, 1.165) is 25.7 Å². The molecule has 14 heteroatoms.